The Labute approximate surface area is 103 Å². The van der Waals surface area contributed by atoms with Gasteiger partial charge in [0.1, 0.15) is 11.6 Å². The molecule has 1 heterocycles. The molecule has 1 aliphatic rings. The van der Waals surface area contributed by atoms with Crippen molar-refractivity contribution < 1.29 is 18.7 Å². The molecule has 0 amide bonds. The Morgan fingerprint density at radius 3 is 2.44 bits per heavy atom. The van der Waals surface area contributed by atoms with Crippen LogP contribution in [0, 0.1) is 11.6 Å². The van der Waals surface area contributed by atoms with Crippen molar-refractivity contribution in [1.82, 2.24) is 4.90 Å². The minimum Gasteiger partial charge on any atom is -0.480 e. The van der Waals surface area contributed by atoms with Crippen molar-refractivity contribution in [2.45, 2.75) is 0 Å². The highest BCUT2D eigenvalue weighted by Gasteiger charge is 2.20. The average molecular weight is 256 g/mol. The summed E-state index contributed by atoms with van der Waals surface area (Å²) in [5.74, 6) is -2.04. The fourth-order valence-electron chi connectivity index (χ4n) is 2.08. The van der Waals surface area contributed by atoms with Crippen LogP contribution >= 0.6 is 0 Å². The quantitative estimate of drug-likeness (QED) is 0.881. The van der Waals surface area contributed by atoms with E-state index in [1.807, 2.05) is 0 Å². The molecule has 0 aliphatic carbocycles. The standard InChI is InChI=1S/C12H14F2N2O2/c13-9-1-2-11(10(14)7-9)16-5-3-15(4-6-16)8-12(17)18/h1-2,7H,3-6,8H2,(H,17,18). The lowest BCUT2D eigenvalue weighted by molar-refractivity contribution is -0.138. The van der Waals surface area contributed by atoms with Gasteiger partial charge < -0.3 is 10.0 Å². The van der Waals surface area contributed by atoms with Crippen LogP contribution in [0.4, 0.5) is 14.5 Å². The number of rotatable bonds is 3. The van der Waals surface area contributed by atoms with E-state index >= 15 is 0 Å². The van der Waals surface area contributed by atoms with Gasteiger partial charge in [0.2, 0.25) is 0 Å². The number of halogens is 2. The average Bonchev–Trinajstić information content (AvgIpc) is 2.30. The van der Waals surface area contributed by atoms with E-state index < -0.39 is 17.6 Å². The lowest BCUT2D eigenvalue weighted by Gasteiger charge is -2.35. The zero-order chi connectivity index (χ0) is 13.1. The molecule has 0 spiro atoms. The molecule has 6 heteroatoms. The van der Waals surface area contributed by atoms with Crippen LogP contribution in [0.5, 0.6) is 0 Å². The molecule has 0 saturated carbocycles. The first-order valence-corrected chi connectivity index (χ1v) is 5.70. The Morgan fingerprint density at radius 2 is 1.89 bits per heavy atom. The molecule has 1 N–H and O–H groups in total. The maximum Gasteiger partial charge on any atom is 0.317 e. The lowest BCUT2D eigenvalue weighted by atomic mass is 10.2. The van der Waals surface area contributed by atoms with Gasteiger partial charge in [0.25, 0.3) is 0 Å². The molecule has 1 aromatic carbocycles. The van der Waals surface area contributed by atoms with Gasteiger partial charge in [-0.2, -0.15) is 0 Å². The van der Waals surface area contributed by atoms with E-state index in [4.69, 9.17) is 5.11 Å². The van der Waals surface area contributed by atoms with Crippen LogP contribution in [0.2, 0.25) is 0 Å². The molecule has 0 atom stereocenters. The number of aliphatic carboxylic acids is 1. The van der Waals surface area contributed by atoms with Crippen molar-refractivity contribution >= 4 is 11.7 Å². The number of nitrogens with zero attached hydrogens (tertiary/aromatic N) is 2. The minimum atomic E-state index is -0.864. The maximum absolute atomic E-state index is 13.6. The van der Waals surface area contributed by atoms with Gasteiger partial charge in [0.15, 0.2) is 0 Å². The molecule has 1 aromatic rings. The monoisotopic (exact) mass is 256 g/mol. The molecule has 18 heavy (non-hydrogen) atoms. The highest BCUT2D eigenvalue weighted by atomic mass is 19.1. The molecule has 1 saturated heterocycles. The van der Waals surface area contributed by atoms with Crippen LogP contribution in [0.3, 0.4) is 0 Å². The first kappa shape index (κ1) is 12.8. The molecular formula is C12H14F2N2O2. The van der Waals surface area contributed by atoms with Gasteiger partial charge in [0.05, 0.1) is 12.2 Å². The van der Waals surface area contributed by atoms with Crippen molar-refractivity contribution in [3.05, 3.63) is 29.8 Å². The van der Waals surface area contributed by atoms with Gasteiger partial charge in [-0.05, 0) is 12.1 Å². The molecule has 1 aliphatic heterocycles. The van der Waals surface area contributed by atoms with Crippen LogP contribution < -0.4 is 4.90 Å². The second-order valence-corrected chi connectivity index (χ2v) is 4.25. The van der Waals surface area contributed by atoms with Gasteiger partial charge in [-0.15, -0.1) is 0 Å². The number of anilines is 1. The molecule has 4 nitrogen and oxygen atoms in total. The molecule has 0 bridgehead atoms. The molecule has 0 aromatic heterocycles. The first-order chi connectivity index (χ1) is 8.56. The lowest BCUT2D eigenvalue weighted by Crippen LogP contribution is -2.48. The van der Waals surface area contributed by atoms with Crippen LogP contribution in [0.1, 0.15) is 0 Å². The summed E-state index contributed by atoms with van der Waals surface area (Å²) >= 11 is 0. The van der Waals surface area contributed by atoms with Crippen molar-refractivity contribution in [3.8, 4) is 0 Å². The number of piperazine rings is 1. The van der Waals surface area contributed by atoms with Crippen molar-refractivity contribution in [2.24, 2.45) is 0 Å². The third-order valence-electron chi connectivity index (χ3n) is 2.98. The first-order valence-electron chi connectivity index (χ1n) is 5.70. The summed E-state index contributed by atoms with van der Waals surface area (Å²) in [7, 11) is 0. The highest BCUT2D eigenvalue weighted by molar-refractivity contribution is 5.69. The predicted octanol–water partition coefficient (Wildman–Crippen LogP) is 1.17. The highest BCUT2D eigenvalue weighted by Crippen LogP contribution is 2.21. The summed E-state index contributed by atoms with van der Waals surface area (Å²) in [6.07, 6.45) is 0. The molecule has 2 rings (SSSR count). The summed E-state index contributed by atoms with van der Waals surface area (Å²) in [5, 5.41) is 8.67. The van der Waals surface area contributed by atoms with E-state index in [0.717, 1.165) is 6.07 Å². The minimum absolute atomic E-state index is 0.000258. The molecule has 98 valence electrons. The van der Waals surface area contributed by atoms with Crippen molar-refractivity contribution in [2.75, 3.05) is 37.6 Å². The SMILES string of the molecule is O=C(O)CN1CCN(c2ccc(F)cc2F)CC1. The number of carbonyl (C=O) groups is 1. The van der Waals surface area contributed by atoms with Crippen LogP contribution in [-0.4, -0.2) is 48.7 Å². The van der Waals surface area contributed by atoms with Crippen molar-refractivity contribution in [3.63, 3.8) is 0 Å². The van der Waals surface area contributed by atoms with Crippen LogP contribution in [0.25, 0.3) is 0 Å². The summed E-state index contributed by atoms with van der Waals surface area (Å²) in [6, 6.07) is 3.50. The number of carboxylic acids is 1. The van der Waals surface area contributed by atoms with Gasteiger partial charge in [-0.25, -0.2) is 8.78 Å². The molecule has 1 fully saturated rings. The normalized spacial score (nSPS) is 16.9. The Bertz CT molecular complexity index is 446. The molecule has 0 radical (unpaired) electrons. The third-order valence-corrected chi connectivity index (χ3v) is 2.98. The second kappa shape index (κ2) is 5.30. The zero-order valence-electron chi connectivity index (χ0n) is 9.77. The van der Waals surface area contributed by atoms with Gasteiger partial charge in [-0.1, -0.05) is 0 Å². The van der Waals surface area contributed by atoms with Gasteiger partial charge in [-0.3, -0.25) is 9.69 Å². The van der Waals surface area contributed by atoms with E-state index in [2.05, 4.69) is 0 Å². The fraction of sp³-hybridized carbons (Fsp3) is 0.417. The summed E-state index contributed by atoms with van der Waals surface area (Å²) < 4.78 is 26.3. The summed E-state index contributed by atoms with van der Waals surface area (Å²) in [6.45, 7) is 2.19. The number of hydrogen-bond donors (Lipinski definition) is 1. The van der Waals surface area contributed by atoms with E-state index in [9.17, 15) is 13.6 Å². The molecule has 0 unspecified atom stereocenters. The number of benzene rings is 1. The van der Waals surface area contributed by atoms with Crippen LogP contribution in [-0.2, 0) is 4.79 Å². The Balaban J connectivity index is 1.99. The topological polar surface area (TPSA) is 43.8 Å². The number of hydrogen-bond acceptors (Lipinski definition) is 3. The molecular weight excluding hydrogens is 242 g/mol. The van der Waals surface area contributed by atoms with E-state index in [0.29, 0.717) is 31.9 Å². The van der Waals surface area contributed by atoms with Gasteiger partial charge >= 0.3 is 5.97 Å². The largest absolute Gasteiger partial charge is 0.480 e. The van der Waals surface area contributed by atoms with Crippen LogP contribution in [0.15, 0.2) is 18.2 Å². The smallest absolute Gasteiger partial charge is 0.317 e. The fourth-order valence-corrected chi connectivity index (χ4v) is 2.08. The Kier molecular flexibility index (Phi) is 3.76. The Morgan fingerprint density at radius 1 is 1.22 bits per heavy atom. The van der Waals surface area contributed by atoms with Gasteiger partial charge in [0, 0.05) is 32.2 Å². The summed E-state index contributed by atoms with van der Waals surface area (Å²) in [5.41, 5.74) is 0.367. The van der Waals surface area contributed by atoms with E-state index in [-0.39, 0.29) is 6.54 Å². The second-order valence-electron chi connectivity index (χ2n) is 4.25. The van der Waals surface area contributed by atoms with E-state index in [1.165, 1.54) is 12.1 Å². The van der Waals surface area contributed by atoms with Crippen molar-refractivity contribution in [1.29, 1.82) is 0 Å². The Hall–Kier alpha value is -1.69. The van der Waals surface area contributed by atoms with E-state index in [1.54, 1.807) is 9.80 Å². The zero-order valence-corrected chi connectivity index (χ0v) is 9.77. The summed E-state index contributed by atoms with van der Waals surface area (Å²) in [4.78, 5) is 14.1. The third kappa shape index (κ3) is 2.95. The number of carboxylic acid groups (broad SMARTS) is 1. The maximum atomic E-state index is 13.6. The predicted molar refractivity (Wildman–Crippen MR) is 62.6 cm³/mol.